The van der Waals surface area contributed by atoms with Gasteiger partial charge in [-0.25, -0.2) is 0 Å². The molecule has 0 fully saturated rings. The van der Waals surface area contributed by atoms with Crippen LogP contribution in [0.2, 0.25) is 0 Å². The molecule has 2 aromatic carbocycles. The zero-order chi connectivity index (χ0) is 23.2. The number of benzene rings is 2. The Morgan fingerprint density at radius 1 is 0.941 bits per heavy atom. The normalized spacial score (nSPS) is 11.1. The first-order valence-electron chi connectivity index (χ1n) is 11.0. The van der Waals surface area contributed by atoms with Crippen molar-refractivity contribution in [3.05, 3.63) is 95.8 Å². The summed E-state index contributed by atoms with van der Waals surface area (Å²) in [5.41, 5.74) is 2.42. The molecular weight excluding hydrogens is 450 g/mol. The maximum Gasteiger partial charge on any atom is 0.293 e. The van der Waals surface area contributed by atoms with Crippen molar-refractivity contribution in [2.24, 2.45) is 0 Å². The third kappa shape index (κ3) is 5.20. The molecule has 0 unspecified atom stereocenters. The summed E-state index contributed by atoms with van der Waals surface area (Å²) in [6.07, 6.45) is 2.57. The molecule has 0 aliphatic carbocycles. The highest BCUT2D eigenvalue weighted by atomic mass is 32.2. The molecule has 0 N–H and O–H groups in total. The molecule has 172 valence electrons. The summed E-state index contributed by atoms with van der Waals surface area (Å²) >= 11 is 1.50. The molecule has 0 spiro atoms. The average Bonchev–Trinajstić information content (AvgIpc) is 3.64. The summed E-state index contributed by atoms with van der Waals surface area (Å²) in [7, 11) is 0. The maximum atomic E-state index is 6.01. The van der Waals surface area contributed by atoms with E-state index in [-0.39, 0.29) is 0 Å². The number of hydrogen-bond acceptors (Lipinski definition) is 8. The third-order valence-electron chi connectivity index (χ3n) is 5.21. The van der Waals surface area contributed by atoms with Gasteiger partial charge in [-0.3, -0.25) is 4.57 Å². The molecule has 0 atom stereocenters. The number of ether oxygens (including phenoxy) is 1. The summed E-state index contributed by atoms with van der Waals surface area (Å²) in [6, 6.07) is 21.9. The van der Waals surface area contributed by atoms with Crippen LogP contribution < -0.4 is 4.74 Å². The molecule has 3 heterocycles. The second-order valence-corrected chi connectivity index (χ2v) is 8.48. The number of thioether (sulfide) groups is 1. The van der Waals surface area contributed by atoms with E-state index in [0.717, 1.165) is 28.7 Å². The van der Waals surface area contributed by atoms with Gasteiger partial charge in [-0.1, -0.05) is 66.3 Å². The lowest BCUT2D eigenvalue weighted by atomic mass is 10.2. The van der Waals surface area contributed by atoms with Gasteiger partial charge < -0.3 is 13.7 Å². The molecule has 0 saturated carbocycles. The van der Waals surface area contributed by atoms with Gasteiger partial charge >= 0.3 is 0 Å². The SMILES string of the molecule is CCc1ccc(OCc2nnc(SCc3noc(-c4ccco4)n3)n2Cc2ccccc2)cc1. The van der Waals surface area contributed by atoms with Crippen LogP contribution in [-0.2, 0) is 25.3 Å². The average molecular weight is 474 g/mol. The standard InChI is InChI=1S/C25H23N5O3S/c1-2-18-10-12-20(13-11-18)32-16-23-27-28-25(30(23)15-19-7-4-3-5-8-19)34-17-22-26-24(33-29-22)21-9-6-14-31-21/h3-14H,2,15-17H2,1H3. The van der Waals surface area contributed by atoms with Gasteiger partial charge in [0, 0.05) is 0 Å². The topological polar surface area (TPSA) is 92.0 Å². The maximum absolute atomic E-state index is 6.01. The molecule has 5 rings (SSSR count). The van der Waals surface area contributed by atoms with Gasteiger partial charge in [-0.15, -0.1) is 10.2 Å². The van der Waals surface area contributed by atoms with Crippen LogP contribution in [-0.4, -0.2) is 24.9 Å². The lowest BCUT2D eigenvalue weighted by Gasteiger charge is -2.11. The van der Waals surface area contributed by atoms with Crippen molar-refractivity contribution in [1.29, 1.82) is 0 Å². The Hall–Kier alpha value is -3.85. The van der Waals surface area contributed by atoms with E-state index in [2.05, 4.69) is 56.1 Å². The molecular formula is C25H23N5O3S. The van der Waals surface area contributed by atoms with Gasteiger partial charge in [0.2, 0.25) is 0 Å². The zero-order valence-corrected chi connectivity index (χ0v) is 19.4. The predicted octanol–water partition coefficient (Wildman–Crippen LogP) is 5.40. The van der Waals surface area contributed by atoms with Gasteiger partial charge in [-0.05, 0) is 41.8 Å². The Morgan fingerprint density at radius 2 is 1.79 bits per heavy atom. The molecule has 0 aliphatic heterocycles. The van der Waals surface area contributed by atoms with Gasteiger partial charge in [-0.2, -0.15) is 4.98 Å². The lowest BCUT2D eigenvalue weighted by Crippen LogP contribution is -2.09. The van der Waals surface area contributed by atoms with Gasteiger partial charge in [0.1, 0.15) is 12.4 Å². The van der Waals surface area contributed by atoms with Crippen molar-refractivity contribution in [1.82, 2.24) is 24.9 Å². The summed E-state index contributed by atoms with van der Waals surface area (Å²) in [6.45, 7) is 3.08. The Morgan fingerprint density at radius 3 is 2.56 bits per heavy atom. The molecule has 0 bridgehead atoms. The van der Waals surface area contributed by atoms with E-state index >= 15 is 0 Å². The molecule has 0 radical (unpaired) electrons. The van der Waals surface area contributed by atoms with Crippen LogP contribution in [0.5, 0.6) is 5.75 Å². The molecule has 0 saturated heterocycles. The molecule has 34 heavy (non-hydrogen) atoms. The van der Waals surface area contributed by atoms with Gasteiger partial charge in [0.25, 0.3) is 5.89 Å². The lowest BCUT2D eigenvalue weighted by molar-refractivity contribution is 0.289. The van der Waals surface area contributed by atoms with E-state index < -0.39 is 0 Å². The molecule has 8 nitrogen and oxygen atoms in total. The predicted molar refractivity (Wildman–Crippen MR) is 127 cm³/mol. The van der Waals surface area contributed by atoms with Crippen molar-refractivity contribution in [2.75, 3.05) is 0 Å². The highest BCUT2D eigenvalue weighted by Gasteiger charge is 2.17. The van der Waals surface area contributed by atoms with E-state index in [1.54, 1.807) is 18.4 Å². The largest absolute Gasteiger partial charge is 0.486 e. The fourth-order valence-electron chi connectivity index (χ4n) is 3.37. The number of rotatable bonds is 10. The van der Waals surface area contributed by atoms with E-state index in [1.165, 1.54) is 17.3 Å². The molecule has 3 aromatic heterocycles. The number of furan rings is 1. The van der Waals surface area contributed by atoms with E-state index in [1.807, 2.05) is 30.3 Å². The van der Waals surface area contributed by atoms with Crippen molar-refractivity contribution in [3.8, 4) is 17.4 Å². The number of aryl methyl sites for hydroxylation is 1. The Bertz CT molecular complexity index is 1310. The number of hydrogen-bond donors (Lipinski definition) is 0. The van der Waals surface area contributed by atoms with Crippen LogP contribution in [0.3, 0.4) is 0 Å². The Labute approximate surface area is 201 Å². The van der Waals surface area contributed by atoms with Crippen LogP contribution in [0.4, 0.5) is 0 Å². The molecule has 0 aliphatic rings. The first-order valence-corrected chi connectivity index (χ1v) is 11.9. The second-order valence-electron chi connectivity index (χ2n) is 7.54. The first kappa shape index (κ1) is 22.0. The molecule has 5 aromatic rings. The minimum absolute atomic E-state index is 0.316. The minimum atomic E-state index is 0.316. The first-order chi connectivity index (χ1) is 16.8. The molecule has 0 amide bonds. The summed E-state index contributed by atoms with van der Waals surface area (Å²) in [5.74, 6) is 3.49. The van der Waals surface area contributed by atoms with Crippen molar-refractivity contribution < 1.29 is 13.7 Å². The van der Waals surface area contributed by atoms with Crippen LogP contribution in [0.1, 0.15) is 29.7 Å². The second kappa shape index (κ2) is 10.4. The number of aromatic nitrogens is 5. The summed E-state index contributed by atoms with van der Waals surface area (Å²) in [5, 5.41) is 13.6. The van der Waals surface area contributed by atoms with Crippen LogP contribution in [0, 0.1) is 0 Å². The highest BCUT2D eigenvalue weighted by Crippen LogP contribution is 2.25. The van der Waals surface area contributed by atoms with E-state index in [9.17, 15) is 0 Å². The van der Waals surface area contributed by atoms with Gasteiger partial charge in [0.15, 0.2) is 22.6 Å². The third-order valence-corrected chi connectivity index (χ3v) is 6.17. The van der Waals surface area contributed by atoms with Crippen molar-refractivity contribution in [3.63, 3.8) is 0 Å². The van der Waals surface area contributed by atoms with Crippen LogP contribution >= 0.6 is 11.8 Å². The number of nitrogens with zero attached hydrogens (tertiary/aromatic N) is 5. The minimum Gasteiger partial charge on any atom is -0.486 e. The van der Waals surface area contributed by atoms with E-state index in [0.29, 0.717) is 36.4 Å². The Balaban J connectivity index is 1.32. The summed E-state index contributed by atoms with van der Waals surface area (Å²) in [4.78, 5) is 4.40. The smallest absolute Gasteiger partial charge is 0.293 e. The van der Waals surface area contributed by atoms with E-state index in [4.69, 9.17) is 13.7 Å². The quantitative estimate of drug-likeness (QED) is 0.249. The fourth-order valence-corrected chi connectivity index (χ4v) is 4.17. The Kier molecular flexibility index (Phi) is 6.71. The monoisotopic (exact) mass is 473 g/mol. The van der Waals surface area contributed by atoms with Crippen LogP contribution in [0.15, 0.2) is 87.1 Å². The van der Waals surface area contributed by atoms with Crippen molar-refractivity contribution in [2.45, 2.75) is 37.4 Å². The van der Waals surface area contributed by atoms with Crippen LogP contribution in [0.25, 0.3) is 11.7 Å². The van der Waals surface area contributed by atoms with Gasteiger partial charge in [0.05, 0.1) is 18.6 Å². The highest BCUT2D eigenvalue weighted by molar-refractivity contribution is 7.98. The molecule has 9 heteroatoms. The fraction of sp³-hybridized carbons (Fsp3) is 0.200. The zero-order valence-electron chi connectivity index (χ0n) is 18.6. The summed E-state index contributed by atoms with van der Waals surface area (Å²) < 4.78 is 18.7. The van der Waals surface area contributed by atoms with Crippen molar-refractivity contribution >= 4 is 11.8 Å².